The van der Waals surface area contributed by atoms with E-state index in [4.69, 9.17) is 0 Å². The molecular formula is C18H25N3S. The second kappa shape index (κ2) is 5.80. The Kier molecular flexibility index (Phi) is 3.81. The molecule has 1 fully saturated rings. The maximum absolute atomic E-state index is 4.62. The number of nitrogens with one attached hydrogen (secondary N) is 1. The average molecular weight is 315 g/mol. The Morgan fingerprint density at radius 2 is 2.05 bits per heavy atom. The van der Waals surface area contributed by atoms with Gasteiger partial charge in [-0.05, 0) is 49.5 Å². The molecule has 118 valence electrons. The highest BCUT2D eigenvalue weighted by Crippen LogP contribution is 2.40. The van der Waals surface area contributed by atoms with Gasteiger partial charge in [0.15, 0.2) is 0 Å². The molecule has 0 saturated heterocycles. The Labute approximate surface area is 136 Å². The molecule has 2 aromatic heterocycles. The van der Waals surface area contributed by atoms with Crippen LogP contribution in [0, 0.1) is 11.8 Å². The standard InChI is InChI=1S/C18H25N3S/c1-11-4-3-5-13(8-11)21-17-16-14-9-12(2)6-7-15(14)22-18(16)20-10-19-17/h10-13H,3-9H2,1-2H3,(H,19,20,21). The highest BCUT2D eigenvalue weighted by atomic mass is 32.1. The molecule has 3 unspecified atom stereocenters. The molecule has 2 aromatic rings. The average Bonchev–Trinajstić information content (AvgIpc) is 2.86. The lowest BCUT2D eigenvalue weighted by atomic mass is 9.86. The number of fused-ring (bicyclic) bond motifs is 3. The van der Waals surface area contributed by atoms with Gasteiger partial charge in [0.05, 0.1) is 5.39 Å². The third-order valence-corrected chi connectivity index (χ3v) is 6.56. The molecule has 3 nitrogen and oxygen atoms in total. The molecule has 0 aliphatic heterocycles. The van der Waals surface area contributed by atoms with Gasteiger partial charge in [-0.2, -0.15) is 0 Å². The van der Waals surface area contributed by atoms with Gasteiger partial charge >= 0.3 is 0 Å². The first kappa shape index (κ1) is 14.4. The lowest BCUT2D eigenvalue weighted by molar-refractivity contribution is 0.358. The van der Waals surface area contributed by atoms with Crippen LogP contribution in [0.25, 0.3) is 10.2 Å². The van der Waals surface area contributed by atoms with Gasteiger partial charge < -0.3 is 5.32 Å². The summed E-state index contributed by atoms with van der Waals surface area (Å²) in [7, 11) is 0. The number of nitrogens with zero attached hydrogens (tertiary/aromatic N) is 2. The summed E-state index contributed by atoms with van der Waals surface area (Å²) in [6, 6.07) is 0.582. The number of aryl methyl sites for hydroxylation is 1. The first-order valence-electron chi connectivity index (χ1n) is 8.72. The van der Waals surface area contributed by atoms with E-state index in [9.17, 15) is 0 Å². The van der Waals surface area contributed by atoms with Gasteiger partial charge in [-0.3, -0.25) is 0 Å². The summed E-state index contributed by atoms with van der Waals surface area (Å²) < 4.78 is 0. The van der Waals surface area contributed by atoms with Gasteiger partial charge in [-0.15, -0.1) is 11.3 Å². The summed E-state index contributed by atoms with van der Waals surface area (Å²) in [5.41, 5.74) is 1.53. The van der Waals surface area contributed by atoms with Crippen molar-refractivity contribution in [2.75, 3.05) is 5.32 Å². The van der Waals surface area contributed by atoms with Crippen LogP contribution in [0.1, 0.15) is 56.4 Å². The van der Waals surface area contributed by atoms with Crippen molar-refractivity contribution < 1.29 is 0 Å². The SMILES string of the molecule is CC1CCc2sc3ncnc(NC4CCCC(C)C4)c3c2C1. The molecule has 0 amide bonds. The van der Waals surface area contributed by atoms with Gasteiger partial charge in [0.1, 0.15) is 17.0 Å². The normalized spacial score (nSPS) is 28.5. The fourth-order valence-corrected chi connectivity index (χ4v) is 5.33. The first-order valence-corrected chi connectivity index (χ1v) is 9.54. The Balaban J connectivity index is 1.70. The summed E-state index contributed by atoms with van der Waals surface area (Å²) in [5.74, 6) is 2.71. The van der Waals surface area contributed by atoms with E-state index < -0.39 is 0 Å². The predicted molar refractivity (Wildman–Crippen MR) is 93.6 cm³/mol. The van der Waals surface area contributed by atoms with Crippen LogP contribution >= 0.6 is 11.3 Å². The van der Waals surface area contributed by atoms with Crippen LogP contribution < -0.4 is 5.32 Å². The Bertz CT molecular complexity index is 678. The second-order valence-corrected chi connectivity index (χ2v) is 8.45. The van der Waals surface area contributed by atoms with Crippen LogP contribution in [0.15, 0.2) is 6.33 Å². The van der Waals surface area contributed by atoms with Crippen molar-refractivity contribution in [1.82, 2.24) is 9.97 Å². The minimum Gasteiger partial charge on any atom is -0.367 e. The van der Waals surface area contributed by atoms with Gasteiger partial charge in [-0.1, -0.05) is 26.7 Å². The lowest BCUT2D eigenvalue weighted by Gasteiger charge is -2.28. The summed E-state index contributed by atoms with van der Waals surface area (Å²) >= 11 is 1.89. The Morgan fingerprint density at radius 3 is 2.91 bits per heavy atom. The quantitative estimate of drug-likeness (QED) is 0.864. The smallest absolute Gasteiger partial charge is 0.138 e. The summed E-state index contributed by atoms with van der Waals surface area (Å²) in [5, 5.41) is 5.09. The van der Waals surface area contributed by atoms with Crippen LogP contribution in [-0.4, -0.2) is 16.0 Å². The minimum atomic E-state index is 0.582. The molecule has 1 N–H and O–H groups in total. The highest BCUT2D eigenvalue weighted by molar-refractivity contribution is 7.19. The van der Waals surface area contributed by atoms with E-state index >= 15 is 0 Å². The number of hydrogen-bond donors (Lipinski definition) is 1. The maximum atomic E-state index is 4.62. The molecule has 4 rings (SSSR count). The van der Waals surface area contributed by atoms with Crippen LogP contribution in [0.3, 0.4) is 0 Å². The Hall–Kier alpha value is -1.16. The van der Waals surface area contributed by atoms with Gasteiger partial charge in [0.2, 0.25) is 0 Å². The largest absolute Gasteiger partial charge is 0.367 e. The van der Waals surface area contributed by atoms with Crippen molar-refractivity contribution in [3.05, 3.63) is 16.8 Å². The molecule has 2 aliphatic rings. The van der Waals surface area contributed by atoms with Crippen molar-refractivity contribution in [3.8, 4) is 0 Å². The van der Waals surface area contributed by atoms with Crippen LogP contribution in [-0.2, 0) is 12.8 Å². The maximum Gasteiger partial charge on any atom is 0.138 e. The number of thiophene rings is 1. The lowest BCUT2D eigenvalue weighted by Crippen LogP contribution is -2.26. The van der Waals surface area contributed by atoms with Crippen LogP contribution in [0.5, 0.6) is 0 Å². The van der Waals surface area contributed by atoms with Crippen molar-refractivity contribution in [2.45, 2.75) is 64.8 Å². The zero-order valence-corrected chi connectivity index (χ0v) is 14.4. The molecule has 22 heavy (non-hydrogen) atoms. The van der Waals surface area contributed by atoms with E-state index in [2.05, 4.69) is 29.1 Å². The van der Waals surface area contributed by atoms with Crippen molar-refractivity contribution >= 4 is 27.4 Å². The molecule has 1 saturated carbocycles. The third-order valence-electron chi connectivity index (χ3n) is 5.36. The zero-order chi connectivity index (χ0) is 15.1. The summed E-state index contributed by atoms with van der Waals surface area (Å²) in [6.07, 6.45) is 10.7. The molecule has 0 aromatic carbocycles. The number of rotatable bonds is 2. The number of aromatic nitrogens is 2. The van der Waals surface area contributed by atoms with Gasteiger partial charge in [-0.25, -0.2) is 9.97 Å². The van der Waals surface area contributed by atoms with E-state index in [0.717, 1.165) is 17.7 Å². The topological polar surface area (TPSA) is 37.8 Å². The number of hydrogen-bond acceptors (Lipinski definition) is 4. The fraction of sp³-hybridized carbons (Fsp3) is 0.667. The first-order chi connectivity index (χ1) is 10.7. The molecule has 4 heteroatoms. The van der Waals surface area contributed by atoms with Gasteiger partial charge in [0, 0.05) is 10.9 Å². The molecule has 2 heterocycles. The number of anilines is 1. The molecular weight excluding hydrogens is 290 g/mol. The predicted octanol–water partition coefficient (Wildman–Crippen LogP) is 4.81. The zero-order valence-electron chi connectivity index (χ0n) is 13.6. The Morgan fingerprint density at radius 1 is 1.14 bits per heavy atom. The summed E-state index contributed by atoms with van der Waals surface area (Å²) in [6.45, 7) is 4.74. The second-order valence-electron chi connectivity index (χ2n) is 7.37. The van der Waals surface area contributed by atoms with Crippen molar-refractivity contribution in [2.24, 2.45) is 11.8 Å². The van der Waals surface area contributed by atoms with Crippen LogP contribution in [0.4, 0.5) is 5.82 Å². The third kappa shape index (κ3) is 2.62. The van der Waals surface area contributed by atoms with E-state index in [1.54, 1.807) is 11.2 Å². The highest BCUT2D eigenvalue weighted by Gasteiger charge is 2.25. The van der Waals surface area contributed by atoms with Crippen molar-refractivity contribution in [3.63, 3.8) is 0 Å². The van der Waals surface area contributed by atoms with Crippen LogP contribution in [0.2, 0.25) is 0 Å². The molecule has 0 spiro atoms. The minimum absolute atomic E-state index is 0.582. The molecule has 0 radical (unpaired) electrons. The van der Waals surface area contributed by atoms with Crippen molar-refractivity contribution in [1.29, 1.82) is 0 Å². The van der Waals surface area contributed by atoms with E-state index in [-0.39, 0.29) is 0 Å². The molecule has 2 aliphatic carbocycles. The van der Waals surface area contributed by atoms with E-state index in [1.165, 1.54) is 60.7 Å². The molecule has 3 atom stereocenters. The van der Waals surface area contributed by atoms with E-state index in [0.29, 0.717) is 6.04 Å². The monoisotopic (exact) mass is 315 g/mol. The molecule has 0 bridgehead atoms. The fourth-order valence-electron chi connectivity index (χ4n) is 4.15. The van der Waals surface area contributed by atoms with E-state index in [1.807, 2.05) is 11.3 Å². The summed E-state index contributed by atoms with van der Waals surface area (Å²) in [4.78, 5) is 11.9. The van der Waals surface area contributed by atoms with Gasteiger partial charge in [0.25, 0.3) is 0 Å².